The first-order chi connectivity index (χ1) is 16.9. The van der Waals surface area contributed by atoms with Crippen molar-refractivity contribution in [1.29, 1.82) is 0 Å². The van der Waals surface area contributed by atoms with Crippen LogP contribution in [0.25, 0.3) is 11.1 Å². The molecule has 7 heteroatoms. The Hall–Kier alpha value is -3.35. The molecular weight excluding hydrogens is 444 g/mol. The van der Waals surface area contributed by atoms with Gasteiger partial charge < -0.3 is 20.1 Å². The molecule has 2 unspecified atom stereocenters. The van der Waals surface area contributed by atoms with E-state index in [-0.39, 0.29) is 29.8 Å². The van der Waals surface area contributed by atoms with E-state index in [0.717, 1.165) is 12.8 Å². The number of fused-ring (bicyclic) bond motifs is 3. The number of benzene rings is 2. The molecule has 2 fully saturated rings. The molecule has 0 bridgehead atoms. The van der Waals surface area contributed by atoms with Gasteiger partial charge in [0.15, 0.2) is 0 Å². The zero-order valence-corrected chi connectivity index (χ0v) is 20.0. The molecule has 1 saturated carbocycles. The molecule has 2 aliphatic carbocycles. The van der Waals surface area contributed by atoms with Crippen molar-refractivity contribution in [2.24, 2.45) is 17.3 Å². The number of alkyl carbamates (subject to hydrolysis) is 1. The molecule has 2 amide bonds. The first-order valence-corrected chi connectivity index (χ1v) is 12.5. The van der Waals surface area contributed by atoms with Crippen LogP contribution in [0.5, 0.6) is 0 Å². The molecule has 2 N–H and O–H groups in total. The van der Waals surface area contributed by atoms with Gasteiger partial charge in [-0.25, -0.2) is 4.79 Å². The van der Waals surface area contributed by atoms with Crippen molar-refractivity contribution >= 4 is 18.0 Å². The maximum absolute atomic E-state index is 12.6. The highest BCUT2D eigenvalue weighted by Gasteiger charge is 2.58. The Morgan fingerprint density at radius 3 is 2.29 bits per heavy atom. The molecule has 35 heavy (non-hydrogen) atoms. The van der Waals surface area contributed by atoms with Gasteiger partial charge in [0.05, 0.1) is 5.92 Å². The second-order valence-corrected chi connectivity index (χ2v) is 10.4. The fourth-order valence-electron chi connectivity index (χ4n) is 5.70. The topological polar surface area (TPSA) is 95.9 Å². The van der Waals surface area contributed by atoms with Crippen molar-refractivity contribution in [2.45, 2.75) is 38.5 Å². The van der Waals surface area contributed by atoms with Gasteiger partial charge in [-0.05, 0) is 47.4 Å². The predicted octanol–water partition coefficient (Wildman–Crippen LogP) is 4.26. The standard InChI is InChI=1S/C28H32N2O5/c1-18(10-11-25(31)30-15-24(26(32)33)28(17-30)12-13-28)14-29-27(34)35-16-23-21-8-4-2-6-19(21)20-7-3-5-9-22(20)23/h2-9,18,23-24H,10-17H2,1H3,(H,29,34)(H,32,33). The summed E-state index contributed by atoms with van der Waals surface area (Å²) < 4.78 is 5.58. The van der Waals surface area contributed by atoms with Crippen LogP contribution in [0.4, 0.5) is 4.79 Å². The number of ether oxygens (including phenoxy) is 1. The SMILES string of the molecule is CC(CCC(=O)N1CC(C(=O)O)C2(CC2)C1)CNC(=O)OCC1c2ccccc2-c2ccccc21. The molecule has 2 aromatic carbocycles. The van der Waals surface area contributed by atoms with Gasteiger partial charge in [-0.2, -0.15) is 0 Å². The van der Waals surface area contributed by atoms with Crippen molar-refractivity contribution < 1.29 is 24.2 Å². The minimum absolute atomic E-state index is 0.00742. The molecule has 3 aliphatic rings. The third kappa shape index (κ3) is 4.64. The lowest BCUT2D eigenvalue weighted by molar-refractivity contribution is -0.143. The van der Waals surface area contributed by atoms with Crippen LogP contribution in [0.1, 0.15) is 49.7 Å². The van der Waals surface area contributed by atoms with Crippen molar-refractivity contribution in [3.8, 4) is 11.1 Å². The molecule has 1 spiro atoms. The lowest BCUT2D eigenvalue weighted by Crippen LogP contribution is -2.32. The average Bonchev–Trinajstić information content (AvgIpc) is 3.41. The average molecular weight is 477 g/mol. The summed E-state index contributed by atoms with van der Waals surface area (Å²) >= 11 is 0. The highest BCUT2D eigenvalue weighted by Crippen LogP contribution is 2.56. The van der Waals surface area contributed by atoms with Gasteiger partial charge >= 0.3 is 12.1 Å². The molecule has 1 aliphatic heterocycles. The summed E-state index contributed by atoms with van der Waals surface area (Å²) in [5.41, 5.74) is 4.55. The zero-order chi connectivity index (χ0) is 24.6. The Kier molecular flexibility index (Phi) is 6.26. The number of nitrogens with zero attached hydrogens (tertiary/aromatic N) is 1. The van der Waals surface area contributed by atoms with E-state index in [4.69, 9.17) is 4.74 Å². The van der Waals surface area contributed by atoms with Crippen LogP contribution < -0.4 is 5.32 Å². The van der Waals surface area contributed by atoms with Crippen LogP contribution in [0.15, 0.2) is 48.5 Å². The van der Waals surface area contributed by atoms with Crippen molar-refractivity contribution in [3.05, 3.63) is 59.7 Å². The highest BCUT2D eigenvalue weighted by molar-refractivity contribution is 5.80. The summed E-state index contributed by atoms with van der Waals surface area (Å²) in [5.74, 6) is -1.09. The van der Waals surface area contributed by atoms with E-state index in [1.54, 1.807) is 4.90 Å². The number of likely N-dealkylation sites (tertiary alicyclic amines) is 1. The molecule has 1 saturated heterocycles. The monoisotopic (exact) mass is 476 g/mol. The van der Waals surface area contributed by atoms with E-state index in [1.807, 2.05) is 31.2 Å². The molecule has 1 heterocycles. The smallest absolute Gasteiger partial charge is 0.407 e. The molecule has 0 radical (unpaired) electrons. The summed E-state index contributed by atoms with van der Waals surface area (Å²) in [4.78, 5) is 38.3. The van der Waals surface area contributed by atoms with Crippen LogP contribution >= 0.6 is 0 Å². The molecule has 2 atom stereocenters. The number of hydrogen-bond acceptors (Lipinski definition) is 4. The molecule has 0 aromatic heterocycles. The fraction of sp³-hybridized carbons (Fsp3) is 0.464. The van der Waals surface area contributed by atoms with E-state index >= 15 is 0 Å². The molecule has 5 rings (SSSR count). The van der Waals surface area contributed by atoms with Gasteiger partial charge in [0.2, 0.25) is 5.91 Å². The lowest BCUT2D eigenvalue weighted by atomic mass is 9.93. The number of aliphatic carboxylic acids is 1. The fourth-order valence-corrected chi connectivity index (χ4v) is 5.70. The van der Waals surface area contributed by atoms with Crippen LogP contribution in [0.2, 0.25) is 0 Å². The number of carbonyl (C=O) groups is 3. The number of carboxylic acid groups (broad SMARTS) is 1. The molecule has 7 nitrogen and oxygen atoms in total. The van der Waals surface area contributed by atoms with E-state index in [2.05, 4.69) is 29.6 Å². The van der Waals surface area contributed by atoms with Crippen molar-refractivity contribution in [2.75, 3.05) is 26.2 Å². The first kappa shape index (κ1) is 23.4. The second-order valence-electron chi connectivity index (χ2n) is 10.4. The quantitative estimate of drug-likeness (QED) is 0.593. The zero-order valence-electron chi connectivity index (χ0n) is 20.0. The number of carbonyl (C=O) groups excluding carboxylic acids is 2. The third-order valence-electron chi connectivity index (χ3n) is 7.98. The van der Waals surface area contributed by atoms with E-state index in [9.17, 15) is 19.5 Å². The van der Waals surface area contributed by atoms with Gasteiger partial charge in [0.25, 0.3) is 0 Å². The van der Waals surface area contributed by atoms with Crippen LogP contribution in [-0.4, -0.2) is 54.2 Å². The van der Waals surface area contributed by atoms with Gasteiger partial charge in [0, 0.05) is 37.4 Å². The van der Waals surface area contributed by atoms with Gasteiger partial charge in [0.1, 0.15) is 6.61 Å². The maximum Gasteiger partial charge on any atom is 0.407 e. The van der Waals surface area contributed by atoms with Crippen molar-refractivity contribution in [1.82, 2.24) is 10.2 Å². The Bertz CT molecular complexity index is 1100. The van der Waals surface area contributed by atoms with Crippen LogP contribution in [-0.2, 0) is 14.3 Å². The summed E-state index contributed by atoms with van der Waals surface area (Å²) in [7, 11) is 0. The molecule has 184 valence electrons. The summed E-state index contributed by atoms with van der Waals surface area (Å²) in [6.07, 6.45) is 2.33. The minimum atomic E-state index is -0.793. The Morgan fingerprint density at radius 2 is 1.71 bits per heavy atom. The highest BCUT2D eigenvalue weighted by atomic mass is 16.5. The van der Waals surface area contributed by atoms with E-state index in [0.29, 0.717) is 32.5 Å². The van der Waals surface area contributed by atoms with E-state index in [1.165, 1.54) is 22.3 Å². The predicted molar refractivity (Wildman–Crippen MR) is 131 cm³/mol. The Labute approximate surface area is 205 Å². The summed E-state index contributed by atoms with van der Waals surface area (Å²) in [5, 5.41) is 12.3. The summed E-state index contributed by atoms with van der Waals surface area (Å²) in [6, 6.07) is 16.4. The first-order valence-electron chi connectivity index (χ1n) is 12.5. The second kappa shape index (κ2) is 9.36. The summed E-state index contributed by atoms with van der Waals surface area (Å²) in [6.45, 7) is 3.57. The number of carboxylic acids is 1. The number of rotatable bonds is 8. The lowest BCUT2D eigenvalue weighted by Gasteiger charge is -2.18. The van der Waals surface area contributed by atoms with Crippen molar-refractivity contribution in [3.63, 3.8) is 0 Å². The molecule has 2 aromatic rings. The number of nitrogens with one attached hydrogen (secondary N) is 1. The minimum Gasteiger partial charge on any atom is -0.481 e. The molecular formula is C28H32N2O5. The van der Waals surface area contributed by atoms with Gasteiger partial charge in [-0.1, -0.05) is 55.5 Å². The number of hydrogen-bond donors (Lipinski definition) is 2. The number of amides is 2. The van der Waals surface area contributed by atoms with Crippen LogP contribution in [0.3, 0.4) is 0 Å². The van der Waals surface area contributed by atoms with E-state index < -0.39 is 18.0 Å². The Morgan fingerprint density at radius 1 is 1.09 bits per heavy atom. The third-order valence-corrected chi connectivity index (χ3v) is 7.98. The normalized spacial score (nSPS) is 20.3. The largest absolute Gasteiger partial charge is 0.481 e. The Balaban J connectivity index is 1.06. The van der Waals surface area contributed by atoms with Crippen LogP contribution in [0, 0.1) is 17.3 Å². The maximum atomic E-state index is 12.6. The van der Waals surface area contributed by atoms with Gasteiger partial charge in [-0.15, -0.1) is 0 Å². The van der Waals surface area contributed by atoms with Gasteiger partial charge in [-0.3, -0.25) is 9.59 Å².